The lowest BCUT2D eigenvalue weighted by atomic mass is 10.1. The third kappa shape index (κ3) is 2.75. The van der Waals surface area contributed by atoms with Crippen LogP contribution in [0.4, 0.5) is 0 Å². The summed E-state index contributed by atoms with van der Waals surface area (Å²) in [5, 5.41) is 8.88. The van der Waals surface area contributed by atoms with Crippen LogP contribution in [0.25, 0.3) is 11.4 Å². The topological polar surface area (TPSA) is 72.3 Å². The molecule has 0 atom stereocenters. The highest BCUT2D eigenvalue weighted by molar-refractivity contribution is 5.53. The summed E-state index contributed by atoms with van der Waals surface area (Å²) in [7, 11) is 0. The number of pyridine rings is 1. The van der Waals surface area contributed by atoms with E-state index in [1.165, 1.54) is 0 Å². The Balaban J connectivity index is 1.56. The number of imidazole rings is 2. The Hall–Kier alpha value is -3.46. The Morgan fingerprint density at radius 3 is 2.67 bits per heavy atom. The van der Waals surface area contributed by atoms with Crippen LogP contribution >= 0.6 is 0 Å². The maximum atomic E-state index is 8.88. The molecule has 6 nitrogen and oxygen atoms in total. The van der Waals surface area contributed by atoms with E-state index < -0.39 is 0 Å². The molecule has 24 heavy (non-hydrogen) atoms. The van der Waals surface area contributed by atoms with Crippen LogP contribution in [0.15, 0.2) is 61.6 Å². The first-order valence-electron chi connectivity index (χ1n) is 7.56. The molecule has 2 aliphatic heterocycles. The number of rotatable bonds is 4. The van der Waals surface area contributed by atoms with Gasteiger partial charge in [-0.05, 0) is 23.8 Å². The second-order valence-electron chi connectivity index (χ2n) is 5.58. The molecular weight excluding hydrogens is 300 g/mol. The fraction of sp³-hybridized carbons (Fsp3) is 0.111. The minimum atomic E-state index is 0.671. The molecule has 0 saturated carbocycles. The van der Waals surface area contributed by atoms with Crippen molar-refractivity contribution in [3.8, 4) is 17.5 Å². The van der Waals surface area contributed by atoms with Gasteiger partial charge in [0.1, 0.15) is 12.0 Å². The molecule has 0 bridgehead atoms. The van der Waals surface area contributed by atoms with Crippen molar-refractivity contribution in [2.24, 2.45) is 0 Å². The second-order valence-corrected chi connectivity index (χ2v) is 5.58. The first kappa shape index (κ1) is 14.2. The van der Waals surface area contributed by atoms with E-state index in [4.69, 9.17) is 5.26 Å². The molecule has 3 heterocycles. The van der Waals surface area contributed by atoms with Gasteiger partial charge < -0.3 is 9.13 Å². The van der Waals surface area contributed by atoms with Gasteiger partial charge in [-0.1, -0.05) is 12.1 Å². The zero-order valence-corrected chi connectivity index (χ0v) is 12.9. The third-order valence-electron chi connectivity index (χ3n) is 3.95. The van der Waals surface area contributed by atoms with E-state index in [-0.39, 0.29) is 0 Å². The predicted molar refractivity (Wildman–Crippen MR) is 88.2 cm³/mol. The van der Waals surface area contributed by atoms with Crippen LogP contribution in [-0.4, -0.2) is 24.1 Å². The zero-order chi connectivity index (χ0) is 16.4. The van der Waals surface area contributed by atoms with Gasteiger partial charge in [0.05, 0.1) is 35.9 Å². The minimum Gasteiger partial charge on any atom is -0.346 e. The summed E-state index contributed by atoms with van der Waals surface area (Å²) < 4.78 is 4.18. The summed E-state index contributed by atoms with van der Waals surface area (Å²) in [6.45, 7) is 1.43. The van der Waals surface area contributed by atoms with Crippen LogP contribution in [0.5, 0.6) is 0 Å². The summed E-state index contributed by atoms with van der Waals surface area (Å²) in [6, 6.07) is 11.7. The van der Waals surface area contributed by atoms with Crippen LogP contribution in [-0.2, 0) is 13.1 Å². The molecule has 0 aliphatic carbocycles. The monoisotopic (exact) mass is 314 g/mol. The highest BCUT2D eigenvalue weighted by atomic mass is 15.1. The van der Waals surface area contributed by atoms with E-state index in [1.807, 2.05) is 55.2 Å². The molecule has 6 heteroatoms. The lowest BCUT2D eigenvalue weighted by Gasteiger charge is -2.11. The van der Waals surface area contributed by atoms with Crippen LogP contribution in [0, 0.1) is 11.3 Å². The van der Waals surface area contributed by atoms with Gasteiger partial charge in [-0.2, -0.15) is 5.26 Å². The lowest BCUT2D eigenvalue weighted by Crippen LogP contribution is -2.08. The maximum Gasteiger partial charge on any atom is 0.116 e. The summed E-state index contributed by atoms with van der Waals surface area (Å²) in [6.07, 6.45) is 9.26. The fourth-order valence-corrected chi connectivity index (χ4v) is 2.67. The number of hydrogen-bond acceptors (Lipinski definition) is 4. The number of fused-ring (bicyclic) bond motifs is 1. The number of nitrogens with zero attached hydrogens (tertiary/aromatic N) is 6. The number of benzene rings is 1. The molecule has 0 amide bonds. The molecular formula is C18H14N6. The molecule has 2 aliphatic rings. The Morgan fingerprint density at radius 1 is 1.00 bits per heavy atom. The van der Waals surface area contributed by atoms with Gasteiger partial charge >= 0.3 is 0 Å². The molecule has 0 spiro atoms. The van der Waals surface area contributed by atoms with Crippen LogP contribution in [0.3, 0.4) is 0 Å². The predicted octanol–water partition coefficient (Wildman–Crippen LogP) is 2.55. The standard InChI is InChI=1S/C18H14N6/c19-7-14-1-3-15(4-2-14)9-24-13-20-8-16(24)10-23-6-5-17-18(11-23)22-12-21-17/h1-6,8,11-13H,9-10H2. The number of aromatic nitrogens is 5. The van der Waals surface area contributed by atoms with Gasteiger partial charge in [0.15, 0.2) is 0 Å². The molecule has 116 valence electrons. The van der Waals surface area contributed by atoms with Gasteiger partial charge in [-0.3, -0.25) is 0 Å². The van der Waals surface area contributed by atoms with E-state index >= 15 is 0 Å². The van der Waals surface area contributed by atoms with Gasteiger partial charge in [0, 0.05) is 25.1 Å². The molecule has 1 aromatic heterocycles. The molecule has 0 saturated heterocycles. The summed E-state index contributed by atoms with van der Waals surface area (Å²) in [5.41, 5.74) is 4.69. The summed E-state index contributed by atoms with van der Waals surface area (Å²) in [5.74, 6) is 0. The smallest absolute Gasteiger partial charge is 0.116 e. The molecule has 0 fully saturated rings. The minimum absolute atomic E-state index is 0.671. The van der Waals surface area contributed by atoms with Crippen molar-refractivity contribution in [1.82, 2.24) is 24.1 Å². The van der Waals surface area contributed by atoms with Gasteiger partial charge in [0.25, 0.3) is 0 Å². The Labute approximate surface area is 139 Å². The molecule has 0 unspecified atom stereocenters. The highest BCUT2D eigenvalue weighted by Crippen LogP contribution is 2.16. The first-order valence-corrected chi connectivity index (χ1v) is 7.56. The highest BCUT2D eigenvalue weighted by Gasteiger charge is 2.08. The first-order chi connectivity index (χ1) is 11.8. The zero-order valence-electron chi connectivity index (χ0n) is 12.9. The van der Waals surface area contributed by atoms with E-state index in [0.717, 1.165) is 29.2 Å². The Bertz CT molecular complexity index is 973. The van der Waals surface area contributed by atoms with Gasteiger partial charge in [0.2, 0.25) is 0 Å². The number of nitriles is 1. The maximum absolute atomic E-state index is 8.88. The van der Waals surface area contributed by atoms with Crippen LogP contribution in [0.2, 0.25) is 0 Å². The average Bonchev–Trinajstić information content (AvgIpc) is 3.25. The average molecular weight is 314 g/mol. The van der Waals surface area contributed by atoms with E-state index in [0.29, 0.717) is 12.1 Å². The molecule has 4 rings (SSSR count). The number of hydrogen-bond donors (Lipinski definition) is 0. The van der Waals surface area contributed by atoms with Crippen molar-refractivity contribution in [3.05, 3.63) is 78.4 Å². The van der Waals surface area contributed by atoms with Crippen molar-refractivity contribution in [2.45, 2.75) is 13.1 Å². The van der Waals surface area contributed by atoms with Crippen molar-refractivity contribution in [2.75, 3.05) is 0 Å². The quantitative estimate of drug-likeness (QED) is 0.580. The van der Waals surface area contributed by atoms with Crippen molar-refractivity contribution in [1.29, 1.82) is 5.26 Å². The van der Waals surface area contributed by atoms with Gasteiger partial charge in [-0.15, -0.1) is 0 Å². The lowest BCUT2D eigenvalue weighted by molar-refractivity contribution is 0.683. The summed E-state index contributed by atoms with van der Waals surface area (Å²) >= 11 is 0. The SMILES string of the molecule is N#Cc1ccc(Cn2cncc2Cn2ccc3ncnc-3c2)cc1. The van der Waals surface area contributed by atoms with Crippen LogP contribution in [0.1, 0.15) is 16.8 Å². The van der Waals surface area contributed by atoms with Crippen molar-refractivity contribution >= 4 is 0 Å². The molecule has 1 aromatic carbocycles. The fourth-order valence-electron chi connectivity index (χ4n) is 2.67. The third-order valence-corrected chi connectivity index (χ3v) is 3.95. The van der Waals surface area contributed by atoms with E-state index in [2.05, 4.69) is 30.2 Å². The van der Waals surface area contributed by atoms with E-state index in [9.17, 15) is 0 Å². The summed E-state index contributed by atoms with van der Waals surface area (Å²) in [4.78, 5) is 12.7. The van der Waals surface area contributed by atoms with Crippen molar-refractivity contribution < 1.29 is 0 Å². The molecule has 0 radical (unpaired) electrons. The normalized spacial score (nSPS) is 10.8. The van der Waals surface area contributed by atoms with Crippen LogP contribution < -0.4 is 0 Å². The molecule has 0 N–H and O–H groups in total. The molecule has 2 aromatic rings. The Morgan fingerprint density at radius 2 is 1.83 bits per heavy atom. The van der Waals surface area contributed by atoms with E-state index in [1.54, 1.807) is 6.33 Å². The largest absolute Gasteiger partial charge is 0.346 e. The Kier molecular flexibility index (Phi) is 3.52. The van der Waals surface area contributed by atoms with Crippen molar-refractivity contribution in [3.63, 3.8) is 0 Å². The second kappa shape index (κ2) is 5.97. The van der Waals surface area contributed by atoms with Gasteiger partial charge in [-0.25, -0.2) is 15.0 Å².